The fraction of sp³-hybridized carbons (Fsp3) is 0.500. The van der Waals surface area contributed by atoms with Crippen molar-refractivity contribution in [3.8, 4) is 0 Å². The van der Waals surface area contributed by atoms with Gasteiger partial charge in [0.05, 0.1) is 35.0 Å². The first-order chi connectivity index (χ1) is 19.8. The molecule has 0 spiro atoms. The second kappa shape index (κ2) is 11.9. The zero-order valence-electron chi connectivity index (χ0n) is 23.5. The molecule has 0 bridgehead atoms. The molecule has 2 aromatic heterocycles. The average molecular weight is 625 g/mol. The summed E-state index contributed by atoms with van der Waals surface area (Å²) in [6, 6.07) is 5.41. The van der Waals surface area contributed by atoms with E-state index in [0.29, 0.717) is 42.9 Å². The third kappa shape index (κ3) is 6.32. The number of fused-ring (bicyclic) bond motifs is 1. The molecule has 5 rings (SSSR count). The van der Waals surface area contributed by atoms with Gasteiger partial charge in [-0.2, -0.15) is 32.4 Å². The number of hydrogen-bond donors (Lipinski definition) is 0. The maximum absolute atomic E-state index is 13.7. The van der Waals surface area contributed by atoms with E-state index in [-0.39, 0.29) is 23.7 Å². The second-order valence-corrected chi connectivity index (χ2v) is 13.6. The van der Waals surface area contributed by atoms with Crippen LogP contribution in [0.2, 0.25) is 5.02 Å². The van der Waals surface area contributed by atoms with E-state index in [0.717, 1.165) is 24.6 Å². The van der Waals surface area contributed by atoms with Crippen molar-refractivity contribution in [3.05, 3.63) is 73.9 Å². The van der Waals surface area contributed by atoms with Gasteiger partial charge in [-0.15, -0.1) is 0 Å². The summed E-state index contributed by atoms with van der Waals surface area (Å²) in [5.74, 6) is 0. The first kappa shape index (κ1) is 30.4. The van der Waals surface area contributed by atoms with Crippen molar-refractivity contribution in [1.29, 1.82) is 0 Å². The van der Waals surface area contributed by atoms with E-state index in [4.69, 9.17) is 16.3 Å². The summed E-state index contributed by atoms with van der Waals surface area (Å²) in [5, 5.41) is 8.98. The lowest BCUT2D eigenvalue weighted by atomic mass is 10.0. The van der Waals surface area contributed by atoms with Crippen LogP contribution in [0.4, 0.5) is 18.9 Å². The molecule has 0 N–H and O–H groups in total. The summed E-state index contributed by atoms with van der Waals surface area (Å²) >= 11 is 6.58. The van der Waals surface area contributed by atoms with E-state index < -0.39 is 39.3 Å². The van der Waals surface area contributed by atoms with Gasteiger partial charge >= 0.3 is 6.18 Å². The molecule has 2 aliphatic heterocycles. The molecule has 1 fully saturated rings. The molecule has 0 saturated carbocycles. The molecule has 42 heavy (non-hydrogen) atoms. The fourth-order valence-electron chi connectivity index (χ4n) is 5.09. The van der Waals surface area contributed by atoms with Crippen molar-refractivity contribution in [1.82, 2.24) is 19.6 Å². The lowest BCUT2D eigenvalue weighted by Gasteiger charge is -2.31. The van der Waals surface area contributed by atoms with Crippen LogP contribution in [0.1, 0.15) is 74.3 Å². The highest BCUT2D eigenvalue weighted by Gasteiger charge is 2.34. The highest BCUT2D eigenvalue weighted by molar-refractivity contribution is 7.85. The minimum atomic E-state index is -4.51. The van der Waals surface area contributed by atoms with Gasteiger partial charge < -0.3 is 9.64 Å². The van der Waals surface area contributed by atoms with Crippen molar-refractivity contribution in [3.63, 3.8) is 0 Å². The molecule has 3 aromatic rings. The number of nitrogens with zero attached hydrogens (tertiary/aromatic N) is 6. The molecule has 2 aliphatic rings. The van der Waals surface area contributed by atoms with E-state index >= 15 is 0 Å². The Balaban J connectivity index is 1.50. The van der Waals surface area contributed by atoms with Gasteiger partial charge in [-0.05, 0) is 51.7 Å². The van der Waals surface area contributed by atoms with Gasteiger partial charge in [0.25, 0.3) is 5.56 Å². The lowest BCUT2D eigenvalue weighted by Crippen LogP contribution is -2.36. The number of aromatic nitrogens is 4. The molecule has 2 unspecified atom stereocenters. The number of benzene rings is 1. The Morgan fingerprint density at radius 1 is 1.21 bits per heavy atom. The number of alkyl halides is 3. The Kier molecular flexibility index (Phi) is 8.64. The van der Waals surface area contributed by atoms with Crippen LogP contribution >= 0.6 is 11.6 Å². The largest absolute Gasteiger partial charge is 0.416 e. The second-order valence-electron chi connectivity index (χ2n) is 11.3. The normalized spacial score (nSPS) is 18.8. The number of hydrogen-bond acceptors (Lipinski definition) is 6. The number of ether oxygens (including phenoxy) is 1. The van der Waals surface area contributed by atoms with E-state index in [2.05, 4.69) is 14.6 Å². The van der Waals surface area contributed by atoms with Crippen molar-refractivity contribution in [2.45, 2.75) is 76.7 Å². The molecular weight excluding hydrogens is 593 g/mol. The molecular formula is C28H32ClF3N6O3S. The predicted octanol–water partition coefficient (Wildman–Crippen LogP) is 5.30. The Bertz CT molecular complexity index is 1570. The molecule has 1 saturated heterocycles. The quantitative estimate of drug-likeness (QED) is 0.346. The first-order valence-corrected chi connectivity index (χ1v) is 15.2. The van der Waals surface area contributed by atoms with Crippen LogP contribution in [0.25, 0.3) is 0 Å². The molecule has 2 atom stereocenters. The van der Waals surface area contributed by atoms with Gasteiger partial charge in [0.15, 0.2) is 6.23 Å². The van der Waals surface area contributed by atoms with Crippen LogP contribution in [-0.4, -0.2) is 47.9 Å². The number of anilines is 1. The topological polar surface area (TPSA) is 94.6 Å². The molecule has 9 nitrogen and oxygen atoms in total. The summed E-state index contributed by atoms with van der Waals surface area (Å²) in [6.45, 7) is 6.50. The van der Waals surface area contributed by atoms with Crippen LogP contribution in [0.3, 0.4) is 0 Å². The third-order valence-corrected chi connectivity index (χ3v) is 9.00. The van der Waals surface area contributed by atoms with Crippen LogP contribution in [-0.2, 0) is 41.4 Å². The Labute approximate surface area is 248 Å². The molecule has 0 radical (unpaired) electrons. The van der Waals surface area contributed by atoms with Crippen LogP contribution in [0.5, 0.6) is 0 Å². The molecule has 1 aromatic carbocycles. The smallest absolute Gasteiger partial charge is 0.364 e. The number of halogens is 4. The molecule has 14 heteroatoms. The van der Waals surface area contributed by atoms with Crippen LogP contribution in [0, 0.1) is 0 Å². The first-order valence-electron chi connectivity index (χ1n) is 13.7. The van der Waals surface area contributed by atoms with E-state index in [1.807, 2.05) is 4.90 Å². The Morgan fingerprint density at radius 3 is 2.67 bits per heavy atom. The molecule has 4 heterocycles. The minimum absolute atomic E-state index is 0.0122. The van der Waals surface area contributed by atoms with Crippen molar-refractivity contribution >= 4 is 34.5 Å². The molecule has 0 aliphatic carbocycles. The van der Waals surface area contributed by atoms with Crippen molar-refractivity contribution in [2.24, 2.45) is 4.40 Å². The zero-order chi connectivity index (χ0) is 30.2. The van der Waals surface area contributed by atoms with Gasteiger partial charge in [-0.3, -0.25) is 9.48 Å². The Hall–Kier alpha value is -3.03. The average Bonchev–Trinajstić information content (AvgIpc) is 3.29. The van der Waals surface area contributed by atoms with Gasteiger partial charge in [-0.1, -0.05) is 29.8 Å². The highest BCUT2D eigenvalue weighted by atomic mass is 35.5. The summed E-state index contributed by atoms with van der Waals surface area (Å²) in [6.07, 6.45) is 0.916. The third-order valence-electron chi connectivity index (χ3n) is 7.30. The van der Waals surface area contributed by atoms with E-state index in [1.165, 1.54) is 23.0 Å². The van der Waals surface area contributed by atoms with E-state index in [9.17, 15) is 22.2 Å². The van der Waals surface area contributed by atoms with Gasteiger partial charge in [0.1, 0.15) is 21.7 Å². The predicted molar refractivity (Wildman–Crippen MR) is 155 cm³/mol. The highest BCUT2D eigenvalue weighted by Crippen LogP contribution is 2.34. The number of rotatable bonds is 6. The van der Waals surface area contributed by atoms with Gasteiger partial charge in [0.2, 0.25) is 0 Å². The summed E-state index contributed by atoms with van der Waals surface area (Å²) in [7, 11) is -1.57. The summed E-state index contributed by atoms with van der Waals surface area (Å²) in [4.78, 5) is 15.0. The van der Waals surface area contributed by atoms with Crippen LogP contribution in [0.15, 0.2) is 39.7 Å². The van der Waals surface area contributed by atoms with Gasteiger partial charge in [0, 0.05) is 37.4 Å². The monoisotopic (exact) mass is 624 g/mol. The van der Waals surface area contributed by atoms with Crippen LogP contribution < -0.4 is 10.5 Å². The molecule has 226 valence electrons. The maximum atomic E-state index is 13.7. The summed E-state index contributed by atoms with van der Waals surface area (Å²) in [5.41, 5.74) is 1.18. The van der Waals surface area contributed by atoms with Gasteiger partial charge in [-0.25, -0.2) is 4.21 Å². The Morgan fingerprint density at radius 2 is 1.98 bits per heavy atom. The van der Waals surface area contributed by atoms with Crippen molar-refractivity contribution < 1.29 is 22.1 Å². The minimum Gasteiger partial charge on any atom is -0.364 e. The summed E-state index contributed by atoms with van der Waals surface area (Å²) < 4.78 is 66.0. The standard InChI is InChI=1S/C28H32ClF3N6O3S/c1-27(2,3)42(40)34-14-21-19-17-36(23-15-33-38(26(39)25(23)29)24-10-6-7-13-41-24)12-11-22(19)37(35-21)16-18-8-4-5-9-20(18)28(30,31)32/h4-5,8-9,14-15,24H,6-7,10-13,16-17H2,1-3H3. The molecule has 0 amide bonds. The van der Waals surface area contributed by atoms with Crippen molar-refractivity contribution in [2.75, 3.05) is 18.1 Å². The fourth-order valence-corrected chi connectivity index (χ4v) is 5.85. The SMILES string of the molecule is CC(C)(C)S(=O)N=Cc1nn(Cc2ccccc2C(F)(F)F)c2c1CN(c1cnn(C3CCCCO3)c(=O)c1Cl)CC2. The zero-order valence-corrected chi connectivity index (χ0v) is 25.1. The van der Waals surface area contributed by atoms with E-state index in [1.54, 1.807) is 37.7 Å². The lowest BCUT2D eigenvalue weighted by molar-refractivity contribution is -0.138. The maximum Gasteiger partial charge on any atom is 0.416 e.